The van der Waals surface area contributed by atoms with Crippen molar-refractivity contribution < 1.29 is 27.4 Å². The number of nitrogens with zero attached hydrogens (tertiary/aromatic N) is 1. The zero-order valence-corrected chi connectivity index (χ0v) is 12.6. The third-order valence-electron chi connectivity index (χ3n) is 2.02. The molecule has 21 heavy (non-hydrogen) atoms. The van der Waals surface area contributed by atoms with Gasteiger partial charge >= 0.3 is 10.4 Å². The predicted molar refractivity (Wildman–Crippen MR) is 79.8 cm³/mol. The minimum atomic E-state index is -4.67. The van der Waals surface area contributed by atoms with Crippen LogP contribution >= 0.6 is 0 Å². The molecule has 0 amide bonds. The standard InChI is InChI=1S/C9H7NO.C4H10O.H2O4S/c11-8-5-1-3-7-4-2-6-10-9(7)8;1-3-5-4-2;1-5(2,3)4/h1-6,11H;3-4H2,1-2H3;(H2,1,2,3,4). The summed E-state index contributed by atoms with van der Waals surface area (Å²) in [5.41, 5.74) is 0.662. The van der Waals surface area contributed by atoms with Gasteiger partial charge in [0, 0.05) is 24.8 Å². The Labute approximate surface area is 123 Å². The van der Waals surface area contributed by atoms with Gasteiger partial charge in [-0.25, -0.2) is 0 Å². The molecule has 0 radical (unpaired) electrons. The van der Waals surface area contributed by atoms with E-state index in [0.29, 0.717) is 5.52 Å². The predicted octanol–water partition coefficient (Wildman–Crippen LogP) is 2.33. The number of phenols is 1. The molecule has 118 valence electrons. The van der Waals surface area contributed by atoms with Crippen LogP contribution < -0.4 is 0 Å². The molecule has 1 heterocycles. The quantitative estimate of drug-likeness (QED) is 0.728. The highest BCUT2D eigenvalue weighted by atomic mass is 32.3. The maximum Gasteiger partial charge on any atom is 0.394 e. The van der Waals surface area contributed by atoms with Crippen LogP contribution in [0.4, 0.5) is 0 Å². The highest BCUT2D eigenvalue weighted by Gasteiger charge is 1.96. The minimum Gasteiger partial charge on any atom is -0.506 e. The summed E-state index contributed by atoms with van der Waals surface area (Å²) in [6, 6.07) is 9.13. The van der Waals surface area contributed by atoms with Gasteiger partial charge in [0.15, 0.2) is 0 Å². The number of ether oxygens (including phenoxy) is 1. The van der Waals surface area contributed by atoms with Crippen molar-refractivity contribution in [3.63, 3.8) is 0 Å². The topological polar surface area (TPSA) is 117 Å². The van der Waals surface area contributed by atoms with Gasteiger partial charge in [0.05, 0.1) is 0 Å². The van der Waals surface area contributed by atoms with Crippen molar-refractivity contribution in [1.82, 2.24) is 4.98 Å². The van der Waals surface area contributed by atoms with Crippen LogP contribution in [-0.4, -0.2) is 40.8 Å². The first kappa shape index (κ1) is 19.3. The lowest BCUT2D eigenvalue weighted by atomic mass is 10.2. The highest BCUT2D eigenvalue weighted by molar-refractivity contribution is 7.79. The molecule has 1 aromatic carbocycles. The number of phenolic OH excluding ortho intramolecular Hbond substituents is 1. The van der Waals surface area contributed by atoms with Crippen molar-refractivity contribution in [3.05, 3.63) is 36.5 Å². The summed E-state index contributed by atoms with van der Waals surface area (Å²) >= 11 is 0. The van der Waals surface area contributed by atoms with Crippen molar-refractivity contribution in [1.29, 1.82) is 0 Å². The Morgan fingerprint density at radius 3 is 2.05 bits per heavy atom. The van der Waals surface area contributed by atoms with Gasteiger partial charge in [0.2, 0.25) is 0 Å². The van der Waals surface area contributed by atoms with Gasteiger partial charge in [-0.15, -0.1) is 0 Å². The van der Waals surface area contributed by atoms with E-state index < -0.39 is 10.4 Å². The Morgan fingerprint density at radius 2 is 1.62 bits per heavy atom. The van der Waals surface area contributed by atoms with E-state index in [4.69, 9.17) is 22.3 Å². The van der Waals surface area contributed by atoms with Crippen molar-refractivity contribution in [3.8, 4) is 5.75 Å². The number of para-hydroxylation sites is 1. The Kier molecular flexibility index (Phi) is 9.22. The smallest absolute Gasteiger partial charge is 0.394 e. The average Bonchev–Trinajstić information content (AvgIpc) is 2.39. The highest BCUT2D eigenvalue weighted by Crippen LogP contribution is 2.20. The molecule has 7 nitrogen and oxygen atoms in total. The van der Waals surface area contributed by atoms with Gasteiger partial charge in [-0.05, 0) is 26.0 Å². The second-order valence-electron chi connectivity index (χ2n) is 3.58. The first-order valence-electron chi connectivity index (χ1n) is 6.09. The van der Waals surface area contributed by atoms with Crippen molar-refractivity contribution in [2.45, 2.75) is 13.8 Å². The molecule has 0 aliphatic rings. The summed E-state index contributed by atoms with van der Waals surface area (Å²) in [6.07, 6.45) is 1.67. The maximum atomic E-state index is 9.31. The number of aromatic nitrogens is 1. The fraction of sp³-hybridized carbons (Fsp3) is 0.308. The van der Waals surface area contributed by atoms with E-state index in [1.54, 1.807) is 18.3 Å². The van der Waals surface area contributed by atoms with Crippen molar-refractivity contribution >= 4 is 21.3 Å². The van der Waals surface area contributed by atoms with Gasteiger partial charge in [-0.1, -0.05) is 18.2 Å². The first-order chi connectivity index (χ1) is 9.79. The number of fused-ring (bicyclic) bond motifs is 1. The number of aromatic hydroxyl groups is 1. The Balaban J connectivity index is 0.000000340. The summed E-state index contributed by atoms with van der Waals surface area (Å²) in [4.78, 5) is 4.03. The van der Waals surface area contributed by atoms with Crippen molar-refractivity contribution in [2.75, 3.05) is 13.2 Å². The maximum absolute atomic E-state index is 9.31. The average molecular weight is 317 g/mol. The fourth-order valence-corrected chi connectivity index (χ4v) is 1.29. The fourth-order valence-electron chi connectivity index (χ4n) is 1.29. The van der Waals surface area contributed by atoms with Gasteiger partial charge in [0.1, 0.15) is 11.3 Å². The second-order valence-corrected chi connectivity index (χ2v) is 4.48. The monoisotopic (exact) mass is 317 g/mol. The molecule has 0 saturated heterocycles. The molecule has 0 unspecified atom stereocenters. The molecule has 0 fully saturated rings. The number of benzene rings is 1. The third-order valence-corrected chi connectivity index (χ3v) is 2.02. The minimum absolute atomic E-state index is 0.239. The molecule has 0 spiro atoms. The molecule has 0 bridgehead atoms. The number of pyridine rings is 1. The summed E-state index contributed by atoms with van der Waals surface area (Å²) < 4.78 is 36.4. The normalized spacial score (nSPS) is 10.1. The summed E-state index contributed by atoms with van der Waals surface area (Å²) in [6.45, 7) is 5.67. The molecule has 1 aromatic heterocycles. The molecule has 3 N–H and O–H groups in total. The van der Waals surface area contributed by atoms with E-state index in [9.17, 15) is 5.11 Å². The van der Waals surface area contributed by atoms with Crippen LogP contribution in [0.25, 0.3) is 10.9 Å². The van der Waals surface area contributed by atoms with Gasteiger partial charge in [-0.3, -0.25) is 14.1 Å². The second kappa shape index (κ2) is 10.1. The van der Waals surface area contributed by atoms with Crippen LogP contribution in [-0.2, 0) is 15.1 Å². The lowest BCUT2D eigenvalue weighted by Crippen LogP contribution is -1.89. The van der Waals surface area contributed by atoms with Crippen LogP contribution in [0.15, 0.2) is 36.5 Å². The van der Waals surface area contributed by atoms with Gasteiger partial charge in [0.25, 0.3) is 0 Å². The van der Waals surface area contributed by atoms with Crippen LogP contribution in [0.1, 0.15) is 13.8 Å². The zero-order valence-electron chi connectivity index (χ0n) is 11.8. The van der Waals surface area contributed by atoms with E-state index >= 15 is 0 Å². The molecule has 2 rings (SSSR count). The van der Waals surface area contributed by atoms with Crippen LogP contribution in [0.3, 0.4) is 0 Å². The number of hydrogen-bond acceptors (Lipinski definition) is 5. The zero-order chi connectivity index (χ0) is 16.3. The van der Waals surface area contributed by atoms with Gasteiger partial charge < -0.3 is 9.84 Å². The lowest BCUT2D eigenvalue weighted by Gasteiger charge is -1.96. The summed E-state index contributed by atoms with van der Waals surface area (Å²) in [5.74, 6) is 0.239. The molecular weight excluding hydrogens is 298 g/mol. The van der Waals surface area contributed by atoms with Crippen LogP contribution in [0.5, 0.6) is 5.75 Å². The first-order valence-corrected chi connectivity index (χ1v) is 7.49. The van der Waals surface area contributed by atoms with Crippen LogP contribution in [0, 0.1) is 0 Å². The number of rotatable bonds is 2. The summed E-state index contributed by atoms with van der Waals surface area (Å²) in [7, 11) is -4.67. The lowest BCUT2D eigenvalue weighted by molar-refractivity contribution is 0.162. The largest absolute Gasteiger partial charge is 0.506 e. The molecule has 0 saturated carbocycles. The molecular formula is C13H19NO6S. The van der Waals surface area contributed by atoms with E-state index in [1.807, 2.05) is 32.0 Å². The van der Waals surface area contributed by atoms with E-state index in [0.717, 1.165) is 18.6 Å². The van der Waals surface area contributed by atoms with E-state index in [2.05, 4.69) is 4.98 Å². The SMILES string of the molecule is CCOCC.O=S(=O)(O)O.Oc1cccc2cccnc12. The Morgan fingerprint density at radius 1 is 1.10 bits per heavy atom. The van der Waals surface area contributed by atoms with Gasteiger partial charge in [-0.2, -0.15) is 8.42 Å². The molecule has 0 aliphatic carbocycles. The molecule has 2 aromatic rings. The third kappa shape index (κ3) is 10.7. The summed E-state index contributed by atoms with van der Waals surface area (Å²) in [5, 5.41) is 10.3. The Bertz CT molecular complexity index is 614. The van der Waals surface area contributed by atoms with Crippen LogP contribution in [0.2, 0.25) is 0 Å². The molecule has 0 atom stereocenters. The molecule has 0 aliphatic heterocycles. The molecule has 8 heteroatoms. The van der Waals surface area contributed by atoms with E-state index in [1.165, 1.54) is 0 Å². The van der Waals surface area contributed by atoms with Crippen molar-refractivity contribution in [2.24, 2.45) is 0 Å². The Hall–Kier alpha value is -1.74. The van der Waals surface area contributed by atoms with E-state index in [-0.39, 0.29) is 5.75 Å². The number of hydrogen-bond donors (Lipinski definition) is 3.